The summed E-state index contributed by atoms with van der Waals surface area (Å²) >= 11 is 2.00. The molecular formula is C14H21NS. The summed E-state index contributed by atoms with van der Waals surface area (Å²) in [5.74, 6) is 2.89. The normalized spacial score (nSPS) is 17.4. The van der Waals surface area contributed by atoms with Crippen LogP contribution in [0.25, 0.3) is 0 Å². The lowest BCUT2D eigenvalue weighted by atomic mass is 9.98. The molecule has 1 atom stereocenters. The molecule has 1 fully saturated rings. The molecule has 1 aromatic rings. The second kappa shape index (κ2) is 5.74. The Morgan fingerprint density at radius 2 is 2.00 bits per heavy atom. The molecule has 0 amide bonds. The Balaban J connectivity index is 1.87. The Hall–Kier alpha value is -0.470. The van der Waals surface area contributed by atoms with E-state index in [2.05, 4.69) is 31.2 Å². The van der Waals surface area contributed by atoms with Gasteiger partial charge in [0.15, 0.2) is 0 Å². The minimum Gasteiger partial charge on any atom is -0.330 e. The van der Waals surface area contributed by atoms with Gasteiger partial charge in [-0.1, -0.05) is 19.1 Å². The van der Waals surface area contributed by atoms with E-state index in [0.29, 0.717) is 5.92 Å². The molecule has 0 saturated heterocycles. The molecule has 2 heteroatoms. The van der Waals surface area contributed by atoms with Crippen LogP contribution in [0.5, 0.6) is 0 Å². The number of nitrogens with two attached hydrogens (primary N) is 1. The smallest absolute Gasteiger partial charge is 0.00722 e. The lowest BCUT2D eigenvalue weighted by Gasteiger charge is -2.10. The van der Waals surface area contributed by atoms with Gasteiger partial charge in [-0.2, -0.15) is 0 Å². The molecule has 1 aliphatic carbocycles. The van der Waals surface area contributed by atoms with Crippen LogP contribution in [0.4, 0.5) is 0 Å². The van der Waals surface area contributed by atoms with Gasteiger partial charge in [0.25, 0.3) is 0 Å². The summed E-state index contributed by atoms with van der Waals surface area (Å²) < 4.78 is 0. The molecule has 0 radical (unpaired) electrons. The molecule has 0 aromatic heterocycles. The Kier molecular flexibility index (Phi) is 4.30. The van der Waals surface area contributed by atoms with Gasteiger partial charge in [0, 0.05) is 10.6 Å². The van der Waals surface area contributed by atoms with E-state index in [0.717, 1.165) is 18.9 Å². The molecule has 1 aliphatic rings. The van der Waals surface area contributed by atoms with Crippen molar-refractivity contribution in [1.82, 2.24) is 0 Å². The summed E-state index contributed by atoms with van der Waals surface area (Å²) in [6.07, 6.45) is 3.96. The fourth-order valence-electron chi connectivity index (χ4n) is 1.81. The van der Waals surface area contributed by atoms with Crippen molar-refractivity contribution in [3.63, 3.8) is 0 Å². The summed E-state index contributed by atoms with van der Waals surface area (Å²) in [4.78, 5) is 1.41. The molecule has 1 unspecified atom stereocenters. The van der Waals surface area contributed by atoms with Crippen LogP contribution in [-0.2, 0) is 0 Å². The highest BCUT2D eigenvalue weighted by Crippen LogP contribution is 2.35. The van der Waals surface area contributed by atoms with E-state index >= 15 is 0 Å². The minimum atomic E-state index is 0.590. The number of thioether (sulfide) groups is 1. The average Bonchev–Trinajstić information content (AvgIpc) is 3.11. The lowest BCUT2D eigenvalue weighted by molar-refractivity contribution is 0.689. The summed E-state index contributed by atoms with van der Waals surface area (Å²) in [5, 5.41) is 0. The zero-order valence-corrected chi connectivity index (χ0v) is 10.8. The molecule has 16 heavy (non-hydrogen) atoms. The number of hydrogen-bond acceptors (Lipinski definition) is 2. The van der Waals surface area contributed by atoms with E-state index < -0.39 is 0 Å². The molecule has 0 spiro atoms. The van der Waals surface area contributed by atoms with Gasteiger partial charge in [-0.05, 0) is 55.3 Å². The third-order valence-corrected chi connectivity index (χ3v) is 4.48. The maximum atomic E-state index is 5.58. The highest BCUT2D eigenvalue weighted by atomic mass is 32.2. The highest BCUT2D eigenvalue weighted by Gasteiger charge is 2.20. The predicted molar refractivity (Wildman–Crippen MR) is 72.0 cm³/mol. The van der Waals surface area contributed by atoms with Crippen LogP contribution in [0.2, 0.25) is 0 Å². The molecule has 1 saturated carbocycles. The fourth-order valence-corrected chi connectivity index (χ4v) is 2.90. The fraction of sp³-hybridized carbons (Fsp3) is 0.571. The Bertz CT molecular complexity index is 316. The zero-order valence-electron chi connectivity index (χ0n) is 9.99. The van der Waals surface area contributed by atoms with Crippen LogP contribution in [0.1, 0.15) is 37.7 Å². The predicted octanol–water partition coefficient (Wildman–Crippen LogP) is 3.64. The topological polar surface area (TPSA) is 26.0 Å². The quantitative estimate of drug-likeness (QED) is 0.762. The Morgan fingerprint density at radius 1 is 1.31 bits per heavy atom. The van der Waals surface area contributed by atoms with Crippen LogP contribution >= 0.6 is 11.8 Å². The van der Waals surface area contributed by atoms with Gasteiger partial charge in [0.2, 0.25) is 0 Å². The summed E-state index contributed by atoms with van der Waals surface area (Å²) in [6.45, 7) is 3.03. The first-order valence-corrected chi connectivity index (χ1v) is 7.21. The van der Waals surface area contributed by atoms with Crippen molar-refractivity contribution in [3.8, 4) is 0 Å². The van der Waals surface area contributed by atoms with E-state index in [1.54, 1.807) is 0 Å². The average molecular weight is 235 g/mol. The van der Waals surface area contributed by atoms with Crippen LogP contribution in [-0.4, -0.2) is 12.3 Å². The first-order valence-electron chi connectivity index (χ1n) is 6.22. The van der Waals surface area contributed by atoms with Gasteiger partial charge in [0.1, 0.15) is 0 Å². The number of benzene rings is 1. The second-order valence-corrected chi connectivity index (χ2v) is 5.90. The molecular weight excluding hydrogens is 214 g/mol. The van der Waals surface area contributed by atoms with Crippen LogP contribution in [0.15, 0.2) is 29.2 Å². The van der Waals surface area contributed by atoms with E-state index in [1.165, 1.54) is 29.1 Å². The van der Waals surface area contributed by atoms with Crippen LogP contribution in [0.3, 0.4) is 0 Å². The largest absolute Gasteiger partial charge is 0.330 e. The van der Waals surface area contributed by atoms with Gasteiger partial charge in [-0.15, -0.1) is 11.8 Å². The van der Waals surface area contributed by atoms with Crippen molar-refractivity contribution in [3.05, 3.63) is 29.8 Å². The molecule has 2 rings (SSSR count). The molecule has 0 aliphatic heterocycles. The molecule has 0 bridgehead atoms. The molecule has 1 aromatic carbocycles. The first kappa shape index (κ1) is 12.0. The Morgan fingerprint density at radius 3 is 2.56 bits per heavy atom. The summed E-state index contributed by atoms with van der Waals surface area (Å²) in [6, 6.07) is 9.04. The maximum absolute atomic E-state index is 5.58. The molecule has 88 valence electrons. The van der Waals surface area contributed by atoms with E-state index in [1.807, 2.05) is 11.8 Å². The van der Waals surface area contributed by atoms with E-state index in [9.17, 15) is 0 Å². The maximum Gasteiger partial charge on any atom is 0.00722 e. The zero-order chi connectivity index (χ0) is 11.4. The third-order valence-electron chi connectivity index (χ3n) is 3.23. The second-order valence-electron chi connectivity index (χ2n) is 4.80. The number of hydrogen-bond donors (Lipinski definition) is 1. The molecule has 1 nitrogen and oxygen atoms in total. The van der Waals surface area contributed by atoms with Crippen molar-refractivity contribution in [1.29, 1.82) is 0 Å². The summed E-state index contributed by atoms with van der Waals surface area (Å²) in [7, 11) is 0. The van der Waals surface area contributed by atoms with E-state index in [4.69, 9.17) is 5.73 Å². The van der Waals surface area contributed by atoms with Gasteiger partial charge < -0.3 is 5.73 Å². The first-order chi connectivity index (χ1) is 7.79. The van der Waals surface area contributed by atoms with Crippen LogP contribution in [0, 0.1) is 5.92 Å². The monoisotopic (exact) mass is 235 g/mol. The molecule has 2 N–H and O–H groups in total. The van der Waals surface area contributed by atoms with Gasteiger partial charge in [0.05, 0.1) is 0 Å². The summed E-state index contributed by atoms with van der Waals surface area (Å²) in [5.41, 5.74) is 7.00. The van der Waals surface area contributed by atoms with Gasteiger partial charge in [-0.25, -0.2) is 0 Å². The third kappa shape index (κ3) is 3.53. The van der Waals surface area contributed by atoms with Gasteiger partial charge >= 0.3 is 0 Å². The van der Waals surface area contributed by atoms with Crippen molar-refractivity contribution < 1.29 is 0 Å². The van der Waals surface area contributed by atoms with Crippen molar-refractivity contribution in [2.24, 2.45) is 11.7 Å². The lowest BCUT2D eigenvalue weighted by Crippen LogP contribution is -2.04. The minimum absolute atomic E-state index is 0.590. The standard InChI is InChI=1S/C14H21NS/c1-11(8-9-15)13-4-6-14(7-5-13)16-10-12-2-3-12/h4-7,11-12H,2-3,8-10,15H2,1H3. The van der Waals surface area contributed by atoms with Crippen molar-refractivity contribution in [2.45, 2.75) is 37.0 Å². The molecule has 0 heterocycles. The Labute approximate surface area is 103 Å². The SMILES string of the molecule is CC(CCN)c1ccc(SCC2CC2)cc1. The van der Waals surface area contributed by atoms with Gasteiger partial charge in [-0.3, -0.25) is 0 Å². The van der Waals surface area contributed by atoms with E-state index in [-0.39, 0.29) is 0 Å². The van der Waals surface area contributed by atoms with Crippen molar-refractivity contribution in [2.75, 3.05) is 12.3 Å². The number of rotatable bonds is 6. The highest BCUT2D eigenvalue weighted by molar-refractivity contribution is 7.99. The van der Waals surface area contributed by atoms with Crippen molar-refractivity contribution >= 4 is 11.8 Å². The van der Waals surface area contributed by atoms with Crippen LogP contribution < -0.4 is 5.73 Å².